The lowest BCUT2D eigenvalue weighted by Crippen LogP contribution is -2.24. The number of carbonyl (C=O) groups excluding carboxylic acids is 1. The summed E-state index contributed by atoms with van der Waals surface area (Å²) in [5.41, 5.74) is 6.38. The Bertz CT molecular complexity index is 389. The van der Waals surface area contributed by atoms with Gasteiger partial charge in [0.05, 0.1) is 5.69 Å². The molecule has 1 amide bonds. The van der Waals surface area contributed by atoms with Gasteiger partial charge in [0.1, 0.15) is 6.04 Å². The first-order valence-corrected chi connectivity index (χ1v) is 6.08. The predicted molar refractivity (Wildman–Crippen MR) is 63.3 cm³/mol. The van der Waals surface area contributed by atoms with Crippen LogP contribution in [-0.2, 0) is 11.2 Å². The van der Waals surface area contributed by atoms with Crippen molar-refractivity contribution in [1.29, 1.82) is 0 Å². The number of unbranched alkanes of at least 4 members (excludes halogenated alkanes) is 1. The Kier molecular flexibility index (Phi) is 3.73. The van der Waals surface area contributed by atoms with Crippen LogP contribution in [0.3, 0.4) is 0 Å². The summed E-state index contributed by atoms with van der Waals surface area (Å²) in [6, 6.07) is -0.157. The van der Waals surface area contributed by atoms with Gasteiger partial charge in [0.2, 0.25) is 5.91 Å². The van der Waals surface area contributed by atoms with Crippen LogP contribution in [0.4, 0.5) is 0 Å². The number of aryl methyl sites for hydroxylation is 1. The van der Waals surface area contributed by atoms with Crippen LogP contribution in [0.2, 0.25) is 0 Å². The first kappa shape index (κ1) is 12.0. The number of carbonyl (C=O) groups is 1. The standard InChI is InChI=1S/C11H19N5O/c1-15-7-5-10(11(15)17)16-8-9(13-14-16)4-2-3-6-12/h8,10H,2-7,12H2,1H3. The van der Waals surface area contributed by atoms with Crippen molar-refractivity contribution >= 4 is 5.91 Å². The minimum atomic E-state index is -0.157. The van der Waals surface area contributed by atoms with E-state index in [1.54, 1.807) is 9.58 Å². The number of aromatic nitrogens is 3. The maximum Gasteiger partial charge on any atom is 0.247 e. The second kappa shape index (κ2) is 5.27. The van der Waals surface area contributed by atoms with Gasteiger partial charge in [-0.1, -0.05) is 5.21 Å². The number of nitrogens with two attached hydrogens (primary N) is 1. The van der Waals surface area contributed by atoms with E-state index in [2.05, 4.69) is 10.3 Å². The fraction of sp³-hybridized carbons (Fsp3) is 0.727. The highest BCUT2D eigenvalue weighted by molar-refractivity contribution is 5.82. The molecule has 94 valence electrons. The molecule has 0 spiro atoms. The molecule has 0 aromatic carbocycles. The average Bonchev–Trinajstić information content (AvgIpc) is 2.89. The van der Waals surface area contributed by atoms with Crippen LogP contribution in [0.5, 0.6) is 0 Å². The van der Waals surface area contributed by atoms with Crippen LogP contribution in [0.25, 0.3) is 0 Å². The van der Waals surface area contributed by atoms with Gasteiger partial charge in [0, 0.05) is 19.8 Å². The molecule has 1 fully saturated rings. The summed E-state index contributed by atoms with van der Waals surface area (Å²) in [5.74, 6) is 0.128. The Balaban J connectivity index is 1.96. The molecule has 2 N–H and O–H groups in total. The van der Waals surface area contributed by atoms with Gasteiger partial charge in [-0.2, -0.15) is 0 Å². The SMILES string of the molecule is CN1CCC(n2cc(CCCCN)nn2)C1=O. The van der Waals surface area contributed by atoms with Crippen molar-refractivity contribution < 1.29 is 4.79 Å². The molecule has 1 aliphatic rings. The van der Waals surface area contributed by atoms with Crippen molar-refractivity contribution in [2.45, 2.75) is 31.7 Å². The largest absolute Gasteiger partial charge is 0.344 e. The molecule has 2 heterocycles. The summed E-state index contributed by atoms with van der Waals surface area (Å²) in [6.07, 6.45) is 5.61. The van der Waals surface area contributed by atoms with E-state index in [1.165, 1.54) is 0 Å². The summed E-state index contributed by atoms with van der Waals surface area (Å²) in [4.78, 5) is 13.5. The number of likely N-dealkylation sites (N-methyl/N-ethyl adjacent to an activating group) is 1. The Morgan fingerprint density at radius 1 is 1.53 bits per heavy atom. The third kappa shape index (κ3) is 2.63. The van der Waals surface area contributed by atoms with E-state index in [0.717, 1.165) is 37.9 Å². The number of hydrogen-bond acceptors (Lipinski definition) is 4. The maximum absolute atomic E-state index is 11.8. The van der Waals surface area contributed by atoms with Gasteiger partial charge in [-0.3, -0.25) is 4.79 Å². The van der Waals surface area contributed by atoms with Crippen LogP contribution in [0, 0.1) is 0 Å². The van der Waals surface area contributed by atoms with E-state index in [9.17, 15) is 4.79 Å². The Labute approximate surface area is 101 Å². The molecule has 1 atom stereocenters. The molecule has 1 aromatic rings. The molecule has 1 unspecified atom stereocenters. The molecule has 0 bridgehead atoms. The monoisotopic (exact) mass is 237 g/mol. The zero-order valence-electron chi connectivity index (χ0n) is 10.2. The van der Waals surface area contributed by atoms with Crippen LogP contribution in [0.15, 0.2) is 6.20 Å². The lowest BCUT2D eigenvalue weighted by molar-refractivity contribution is -0.129. The lowest BCUT2D eigenvalue weighted by Gasteiger charge is -2.09. The minimum absolute atomic E-state index is 0.128. The van der Waals surface area contributed by atoms with Crippen molar-refractivity contribution in [2.24, 2.45) is 5.73 Å². The van der Waals surface area contributed by atoms with Gasteiger partial charge < -0.3 is 10.6 Å². The third-order valence-corrected chi connectivity index (χ3v) is 3.16. The van der Waals surface area contributed by atoms with Gasteiger partial charge in [-0.25, -0.2) is 4.68 Å². The molecule has 1 saturated heterocycles. The molecule has 6 heteroatoms. The molecule has 2 rings (SSSR count). The molecule has 6 nitrogen and oxygen atoms in total. The number of hydrogen-bond donors (Lipinski definition) is 1. The van der Waals surface area contributed by atoms with Crippen molar-refractivity contribution in [3.8, 4) is 0 Å². The lowest BCUT2D eigenvalue weighted by atomic mass is 10.2. The summed E-state index contributed by atoms with van der Waals surface area (Å²) in [6.45, 7) is 1.51. The van der Waals surface area contributed by atoms with E-state index >= 15 is 0 Å². The quantitative estimate of drug-likeness (QED) is 0.729. The number of amides is 1. The summed E-state index contributed by atoms with van der Waals surface area (Å²) >= 11 is 0. The van der Waals surface area contributed by atoms with Crippen LogP contribution >= 0.6 is 0 Å². The maximum atomic E-state index is 11.8. The topological polar surface area (TPSA) is 77.0 Å². The zero-order valence-corrected chi connectivity index (χ0v) is 10.2. The van der Waals surface area contributed by atoms with Gasteiger partial charge in [0.15, 0.2) is 0 Å². The van der Waals surface area contributed by atoms with E-state index in [4.69, 9.17) is 5.73 Å². The average molecular weight is 237 g/mol. The first-order valence-electron chi connectivity index (χ1n) is 6.08. The van der Waals surface area contributed by atoms with E-state index in [0.29, 0.717) is 6.54 Å². The van der Waals surface area contributed by atoms with E-state index in [1.807, 2.05) is 13.2 Å². The third-order valence-electron chi connectivity index (χ3n) is 3.16. The highest BCUT2D eigenvalue weighted by atomic mass is 16.2. The second-order valence-electron chi connectivity index (χ2n) is 4.50. The highest BCUT2D eigenvalue weighted by Gasteiger charge is 2.31. The smallest absolute Gasteiger partial charge is 0.247 e. The molecule has 17 heavy (non-hydrogen) atoms. The fourth-order valence-electron chi connectivity index (χ4n) is 2.08. The van der Waals surface area contributed by atoms with Gasteiger partial charge in [-0.05, 0) is 32.2 Å². The molecular weight excluding hydrogens is 218 g/mol. The fourth-order valence-corrected chi connectivity index (χ4v) is 2.08. The van der Waals surface area contributed by atoms with E-state index < -0.39 is 0 Å². The summed E-state index contributed by atoms with van der Waals surface area (Å²) in [5, 5.41) is 8.14. The molecule has 0 aliphatic carbocycles. The molecule has 1 aliphatic heterocycles. The summed E-state index contributed by atoms with van der Waals surface area (Å²) in [7, 11) is 1.82. The predicted octanol–water partition coefficient (Wildman–Crippen LogP) is -0.0373. The van der Waals surface area contributed by atoms with E-state index in [-0.39, 0.29) is 11.9 Å². The van der Waals surface area contributed by atoms with Crippen LogP contribution in [0.1, 0.15) is 31.0 Å². The van der Waals surface area contributed by atoms with Crippen LogP contribution < -0.4 is 5.73 Å². The Morgan fingerprint density at radius 3 is 3.00 bits per heavy atom. The van der Waals surface area contributed by atoms with Crippen molar-refractivity contribution in [2.75, 3.05) is 20.1 Å². The van der Waals surface area contributed by atoms with Crippen LogP contribution in [-0.4, -0.2) is 45.9 Å². The molecule has 0 radical (unpaired) electrons. The summed E-state index contributed by atoms with van der Waals surface area (Å²) < 4.78 is 1.70. The Morgan fingerprint density at radius 2 is 2.35 bits per heavy atom. The number of rotatable bonds is 5. The van der Waals surface area contributed by atoms with Gasteiger partial charge >= 0.3 is 0 Å². The van der Waals surface area contributed by atoms with Crippen molar-refractivity contribution in [3.63, 3.8) is 0 Å². The minimum Gasteiger partial charge on any atom is -0.344 e. The molecule has 0 saturated carbocycles. The Hall–Kier alpha value is -1.43. The first-order chi connectivity index (χ1) is 8.22. The number of likely N-dealkylation sites (tertiary alicyclic amines) is 1. The number of nitrogens with zero attached hydrogens (tertiary/aromatic N) is 4. The molecule has 1 aromatic heterocycles. The second-order valence-corrected chi connectivity index (χ2v) is 4.50. The van der Waals surface area contributed by atoms with Gasteiger partial charge in [0.25, 0.3) is 0 Å². The normalized spacial score (nSPS) is 20.2. The highest BCUT2D eigenvalue weighted by Crippen LogP contribution is 2.21. The van der Waals surface area contributed by atoms with Gasteiger partial charge in [-0.15, -0.1) is 5.10 Å². The molecular formula is C11H19N5O. The van der Waals surface area contributed by atoms with Crippen molar-refractivity contribution in [3.05, 3.63) is 11.9 Å². The zero-order chi connectivity index (χ0) is 12.3. The van der Waals surface area contributed by atoms with Crippen molar-refractivity contribution in [1.82, 2.24) is 19.9 Å².